The maximum atomic E-state index is 12.8. The van der Waals surface area contributed by atoms with Gasteiger partial charge in [-0.15, -0.1) is 0 Å². The number of halogens is 3. The molecule has 11 heteroatoms. The van der Waals surface area contributed by atoms with Gasteiger partial charge in [0.05, 0.1) is 43.6 Å². The van der Waals surface area contributed by atoms with Crippen molar-refractivity contribution < 1.29 is 37.3 Å². The lowest BCUT2D eigenvalue weighted by Gasteiger charge is -2.44. The maximum absolute atomic E-state index is 12.8. The van der Waals surface area contributed by atoms with Crippen LogP contribution >= 0.6 is 0 Å². The van der Waals surface area contributed by atoms with Crippen molar-refractivity contribution in [3.63, 3.8) is 0 Å². The van der Waals surface area contributed by atoms with Crippen LogP contribution in [-0.2, 0) is 20.4 Å². The minimum absolute atomic E-state index is 0.00572. The standard InChI is InChI=1S/C18H22F3N3O5/c19-18(20,21)10-2-1-3-11(8-10)22-17(26)23-13-12-9-28-16(29-12)14(15(13)25)24-4-6-27-7-5-24/h1-3,8,12-16,25H,4-7,9H2,(H2,22,23,26)/t12-,13-,14-,15+,16-/m1/s1. The van der Waals surface area contributed by atoms with Crippen molar-refractivity contribution in [2.45, 2.75) is 36.8 Å². The number of benzene rings is 1. The van der Waals surface area contributed by atoms with Crippen LogP contribution in [0, 0.1) is 0 Å². The molecule has 3 N–H and O–H groups in total. The molecule has 5 atom stereocenters. The predicted octanol–water partition coefficient (Wildman–Crippen LogP) is 1.01. The summed E-state index contributed by atoms with van der Waals surface area (Å²) >= 11 is 0. The Hall–Kier alpha value is -1.92. The number of hydrogen-bond acceptors (Lipinski definition) is 6. The van der Waals surface area contributed by atoms with Crippen LogP contribution in [0.25, 0.3) is 0 Å². The highest BCUT2D eigenvalue weighted by Crippen LogP contribution is 2.32. The van der Waals surface area contributed by atoms with Gasteiger partial charge in [0.15, 0.2) is 6.29 Å². The van der Waals surface area contributed by atoms with Crippen LogP contribution in [0.15, 0.2) is 24.3 Å². The van der Waals surface area contributed by atoms with E-state index in [1.54, 1.807) is 0 Å². The van der Waals surface area contributed by atoms with Gasteiger partial charge in [-0.25, -0.2) is 4.79 Å². The van der Waals surface area contributed by atoms with Gasteiger partial charge in [-0.2, -0.15) is 13.2 Å². The minimum atomic E-state index is -4.51. The van der Waals surface area contributed by atoms with Gasteiger partial charge in [0.2, 0.25) is 0 Å². The number of nitrogens with zero attached hydrogens (tertiary/aromatic N) is 1. The van der Waals surface area contributed by atoms with Crippen LogP contribution in [0.4, 0.5) is 23.7 Å². The Labute approximate surface area is 164 Å². The molecule has 0 spiro atoms. The lowest BCUT2D eigenvalue weighted by Crippen LogP contribution is -2.66. The molecule has 160 valence electrons. The first kappa shape index (κ1) is 20.4. The van der Waals surface area contributed by atoms with E-state index >= 15 is 0 Å². The number of nitrogens with one attached hydrogen (secondary N) is 2. The molecule has 8 nitrogen and oxygen atoms in total. The molecule has 29 heavy (non-hydrogen) atoms. The first-order valence-electron chi connectivity index (χ1n) is 9.34. The summed E-state index contributed by atoms with van der Waals surface area (Å²) in [7, 11) is 0. The molecule has 0 aliphatic carbocycles. The number of amides is 2. The topological polar surface area (TPSA) is 92.3 Å². The average Bonchev–Trinajstić information content (AvgIpc) is 3.11. The van der Waals surface area contributed by atoms with Gasteiger partial charge in [-0.3, -0.25) is 4.90 Å². The summed E-state index contributed by atoms with van der Waals surface area (Å²) in [6, 6.07) is 2.35. The van der Waals surface area contributed by atoms with E-state index in [1.807, 2.05) is 4.90 Å². The molecule has 4 rings (SSSR count). The van der Waals surface area contributed by atoms with Crippen LogP contribution in [0.1, 0.15) is 5.56 Å². The van der Waals surface area contributed by atoms with Crippen molar-refractivity contribution in [2.75, 3.05) is 38.2 Å². The average molecular weight is 417 g/mol. The first-order chi connectivity index (χ1) is 13.8. The molecule has 1 aromatic rings. The second-order valence-corrected chi connectivity index (χ2v) is 7.21. The van der Waals surface area contributed by atoms with E-state index in [4.69, 9.17) is 14.2 Å². The SMILES string of the molecule is O=C(Nc1cccc(C(F)(F)F)c1)N[C@H]1[C@H](O)[C@@H](N2CCOCC2)[C@@H]2OC[C@H]1O2. The molecule has 2 bridgehead atoms. The second-order valence-electron chi connectivity index (χ2n) is 7.21. The van der Waals surface area contributed by atoms with Crippen molar-refractivity contribution >= 4 is 11.7 Å². The highest BCUT2D eigenvalue weighted by atomic mass is 19.4. The number of ether oxygens (including phenoxy) is 3. The minimum Gasteiger partial charge on any atom is -0.389 e. The number of fused-ring (bicyclic) bond motifs is 2. The molecule has 0 saturated carbocycles. The zero-order chi connectivity index (χ0) is 20.6. The summed E-state index contributed by atoms with van der Waals surface area (Å²) in [6.07, 6.45) is -6.62. The summed E-state index contributed by atoms with van der Waals surface area (Å²) < 4.78 is 55.3. The molecule has 0 radical (unpaired) electrons. The number of rotatable bonds is 3. The van der Waals surface area contributed by atoms with Gasteiger partial charge in [-0.1, -0.05) is 6.07 Å². The number of anilines is 1. The predicted molar refractivity (Wildman–Crippen MR) is 94.2 cm³/mol. The largest absolute Gasteiger partial charge is 0.416 e. The number of alkyl halides is 3. The fourth-order valence-electron chi connectivity index (χ4n) is 3.94. The molecular formula is C18H22F3N3O5. The van der Waals surface area contributed by atoms with E-state index in [1.165, 1.54) is 12.1 Å². The van der Waals surface area contributed by atoms with Gasteiger partial charge in [0.25, 0.3) is 0 Å². The zero-order valence-electron chi connectivity index (χ0n) is 15.4. The van der Waals surface area contributed by atoms with Crippen LogP contribution in [-0.4, -0.2) is 79.5 Å². The molecule has 3 fully saturated rings. The molecule has 3 aliphatic rings. The van der Waals surface area contributed by atoms with Gasteiger partial charge in [0, 0.05) is 18.8 Å². The van der Waals surface area contributed by atoms with Crippen molar-refractivity contribution in [3.05, 3.63) is 29.8 Å². The number of carbonyl (C=O) groups is 1. The van der Waals surface area contributed by atoms with Crippen molar-refractivity contribution in [3.8, 4) is 0 Å². The van der Waals surface area contributed by atoms with Crippen LogP contribution in [0.5, 0.6) is 0 Å². The third kappa shape index (κ3) is 4.33. The van der Waals surface area contributed by atoms with E-state index in [0.29, 0.717) is 26.3 Å². The summed E-state index contributed by atoms with van der Waals surface area (Å²) in [5, 5.41) is 15.9. The lowest BCUT2D eigenvalue weighted by molar-refractivity contribution is -0.189. The van der Waals surface area contributed by atoms with Crippen LogP contribution in [0.2, 0.25) is 0 Å². The van der Waals surface area contributed by atoms with E-state index in [9.17, 15) is 23.1 Å². The molecule has 0 unspecified atom stereocenters. The summed E-state index contributed by atoms with van der Waals surface area (Å²) in [6.45, 7) is 2.44. The molecular weight excluding hydrogens is 395 g/mol. The van der Waals surface area contributed by atoms with E-state index in [-0.39, 0.29) is 12.3 Å². The summed E-state index contributed by atoms with van der Waals surface area (Å²) in [4.78, 5) is 14.4. The molecule has 3 heterocycles. The normalized spacial score (nSPS) is 32.8. The fraction of sp³-hybridized carbons (Fsp3) is 0.611. The zero-order valence-corrected chi connectivity index (χ0v) is 15.4. The quantitative estimate of drug-likeness (QED) is 0.680. The Kier molecular flexibility index (Phi) is 5.67. The van der Waals surface area contributed by atoms with Crippen molar-refractivity contribution in [2.24, 2.45) is 0 Å². The summed E-state index contributed by atoms with van der Waals surface area (Å²) in [5.41, 5.74) is -0.871. The Morgan fingerprint density at radius 3 is 2.72 bits per heavy atom. The number of aliphatic hydroxyl groups excluding tert-OH is 1. The van der Waals surface area contributed by atoms with E-state index < -0.39 is 48.4 Å². The molecule has 0 aromatic heterocycles. The Balaban J connectivity index is 1.43. The van der Waals surface area contributed by atoms with Gasteiger partial charge < -0.3 is 30.0 Å². The first-order valence-corrected chi connectivity index (χ1v) is 9.34. The molecule has 1 aromatic carbocycles. The number of carbonyl (C=O) groups excluding carboxylic acids is 1. The fourth-order valence-corrected chi connectivity index (χ4v) is 3.94. The van der Waals surface area contributed by atoms with Gasteiger partial charge in [-0.05, 0) is 18.2 Å². The number of aliphatic hydroxyl groups is 1. The van der Waals surface area contributed by atoms with Crippen molar-refractivity contribution in [1.82, 2.24) is 10.2 Å². The highest BCUT2D eigenvalue weighted by Gasteiger charge is 2.52. The maximum Gasteiger partial charge on any atom is 0.416 e. The summed E-state index contributed by atoms with van der Waals surface area (Å²) in [5.74, 6) is 0. The Morgan fingerprint density at radius 1 is 1.24 bits per heavy atom. The third-order valence-electron chi connectivity index (χ3n) is 5.34. The van der Waals surface area contributed by atoms with E-state index in [2.05, 4.69) is 10.6 Å². The van der Waals surface area contributed by atoms with Gasteiger partial charge >= 0.3 is 12.2 Å². The third-order valence-corrected chi connectivity index (χ3v) is 5.34. The lowest BCUT2D eigenvalue weighted by atomic mass is 9.94. The number of morpholine rings is 1. The van der Waals surface area contributed by atoms with Crippen LogP contribution in [0.3, 0.4) is 0 Å². The van der Waals surface area contributed by atoms with Crippen molar-refractivity contribution in [1.29, 1.82) is 0 Å². The van der Waals surface area contributed by atoms with E-state index in [0.717, 1.165) is 12.1 Å². The van der Waals surface area contributed by atoms with Gasteiger partial charge in [0.1, 0.15) is 6.10 Å². The Morgan fingerprint density at radius 2 is 2.00 bits per heavy atom. The Bertz CT molecular complexity index is 744. The second kappa shape index (κ2) is 8.07. The van der Waals surface area contributed by atoms with Crippen LogP contribution < -0.4 is 10.6 Å². The molecule has 2 amide bonds. The molecule has 3 aliphatic heterocycles. The monoisotopic (exact) mass is 417 g/mol. The number of urea groups is 1. The smallest absolute Gasteiger partial charge is 0.389 e. The molecule has 3 saturated heterocycles. The highest BCUT2D eigenvalue weighted by molar-refractivity contribution is 5.89. The number of hydrogen-bond donors (Lipinski definition) is 3.